The summed E-state index contributed by atoms with van der Waals surface area (Å²) < 4.78 is 0. The fourth-order valence-corrected chi connectivity index (χ4v) is 4.41. The van der Waals surface area contributed by atoms with Crippen LogP contribution in [0.3, 0.4) is 0 Å². The Morgan fingerprint density at radius 2 is 1.75 bits per heavy atom. The van der Waals surface area contributed by atoms with Gasteiger partial charge in [0.25, 0.3) is 0 Å². The third kappa shape index (κ3) is 3.94. The van der Waals surface area contributed by atoms with Crippen molar-refractivity contribution in [3.05, 3.63) is 0 Å². The number of hydrogen-bond donors (Lipinski definition) is 1. The molecule has 2 atom stereocenters. The maximum atomic E-state index is 3.71. The Bertz CT molecular complexity index is 194. The Labute approximate surface area is 105 Å². The SMILES string of the molecule is CC1CN(CCNC2CCCC2)CC(C)S1. The third-order valence-corrected chi connectivity index (χ3v) is 4.94. The summed E-state index contributed by atoms with van der Waals surface area (Å²) in [6.07, 6.45) is 5.68. The van der Waals surface area contributed by atoms with Gasteiger partial charge in [-0.25, -0.2) is 0 Å². The predicted octanol–water partition coefficient (Wildman–Crippen LogP) is 2.34. The van der Waals surface area contributed by atoms with E-state index in [4.69, 9.17) is 0 Å². The van der Waals surface area contributed by atoms with Gasteiger partial charge in [-0.1, -0.05) is 26.7 Å². The molecular formula is C13H26N2S. The lowest BCUT2D eigenvalue weighted by Crippen LogP contribution is -2.44. The molecule has 2 aliphatic rings. The lowest BCUT2D eigenvalue weighted by atomic mass is 10.2. The standard InChI is InChI=1S/C13H26N2S/c1-11-9-15(10-12(2)16-11)8-7-14-13-5-3-4-6-13/h11-14H,3-10H2,1-2H3. The van der Waals surface area contributed by atoms with E-state index in [0.29, 0.717) is 0 Å². The van der Waals surface area contributed by atoms with Gasteiger partial charge in [0.05, 0.1) is 0 Å². The number of hydrogen-bond acceptors (Lipinski definition) is 3. The first-order chi connectivity index (χ1) is 7.74. The van der Waals surface area contributed by atoms with Crippen LogP contribution in [0.4, 0.5) is 0 Å². The summed E-state index contributed by atoms with van der Waals surface area (Å²) in [6.45, 7) is 9.71. The molecular weight excluding hydrogens is 216 g/mol. The lowest BCUT2D eigenvalue weighted by molar-refractivity contribution is 0.266. The Morgan fingerprint density at radius 1 is 1.12 bits per heavy atom. The molecule has 2 nitrogen and oxygen atoms in total. The first-order valence-corrected chi connectivity index (χ1v) is 7.79. The van der Waals surface area contributed by atoms with Crippen LogP contribution in [-0.4, -0.2) is 47.6 Å². The zero-order valence-electron chi connectivity index (χ0n) is 10.7. The molecule has 0 radical (unpaired) electrons. The maximum absolute atomic E-state index is 3.71. The maximum Gasteiger partial charge on any atom is 0.0149 e. The first-order valence-electron chi connectivity index (χ1n) is 6.85. The average Bonchev–Trinajstić information content (AvgIpc) is 2.69. The predicted molar refractivity (Wildman–Crippen MR) is 73.2 cm³/mol. The molecule has 0 bridgehead atoms. The molecule has 1 aliphatic carbocycles. The normalized spacial score (nSPS) is 33.4. The third-order valence-electron chi connectivity index (χ3n) is 3.71. The van der Waals surface area contributed by atoms with Crippen molar-refractivity contribution in [2.24, 2.45) is 0 Å². The van der Waals surface area contributed by atoms with Crippen molar-refractivity contribution in [3.8, 4) is 0 Å². The summed E-state index contributed by atoms with van der Waals surface area (Å²) in [4.78, 5) is 2.63. The molecule has 0 aromatic rings. The smallest absolute Gasteiger partial charge is 0.0149 e. The monoisotopic (exact) mass is 242 g/mol. The quantitative estimate of drug-likeness (QED) is 0.814. The van der Waals surface area contributed by atoms with Crippen molar-refractivity contribution in [2.45, 2.75) is 56.1 Å². The van der Waals surface area contributed by atoms with E-state index in [1.807, 2.05) is 0 Å². The number of nitrogens with zero attached hydrogens (tertiary/aromatic N) is 1. The minimum Gasteiger partial charge on any atom is -0.313 e. The topological polar surface area (TPSA) is 15.3 Å². The van der Waals surface area contributed by atoms with Gasteiger partial charge in [-0.05, 0) is 12.8 Å². The van der Waals surface area contributed by atoms with Gasteiger partial charge in [0, 0.05) is 42.7 Å². The lowest BCUT2D eigenvalue weighted by Gasteiger charge is -2.34. The van der Waals surface area contributed by atoms with E-state index in [1.165, 1.54) is 51.9 Å². The molecule has 3 heteroatoms. The zero-order chi connectivity index (χ0) is 11.4. The average molecular weight is 242 g/mol. The highest BCUT2D eigenvalue weighted by atomic mass is 32.2. The van der Waals surface area contributed by atoms with Gasteiger partial charge in [0.2, 0.25) is 0 Å². The van der Waals surface area contributed by atoms with Gasteiger partial charge >= 0.3 is 0 Å². The fraction of sp³-hybridized carbons (Fsp3) is 1.00. The molecule has 1 saturated carbocycles. The van der Waals surface area contributed by atoms with Gasteiger partial charge in [-0.2, -0.15) is 11.8 Å². The highest BCUT2D eigenvalue weighted by Gasteiger charge is 2.22. The highest BCUT2D eigenvalue weighted by molar-refractivity contribution is 8.00. The van der Waals surface area contributed by atoms with E-state index < -0.39 is 0 Å². The second-order valence-corrected chi connectivity index (χ2v) is 7.33. The minimum absolute atomic E-state index is 0.815. The van der Waals surface area contributed by atoms with Crippen LogP contribution in [-0.2, 0) is 0 Å². The van der Waals surface area contributed by atoms with Gasteiger partial charge in [-0.15, -0.1) is 0 Å². The molecule has 94 valence electrons. The Hall–Kier alpha value is 0.270. The summed E-state index contributed by atoms with van der Waals surface area (Å²) >= 11 is 2.14. The van der Waals surface area contributed by atoms with Crippen LogP contribution in [0.25, 0.3) is 0 Å². The molecule has 0 spiro atoms. The summed E-state index contributed by atoms with van der Waals surface area (Å²) in [6, 6.07) is 0.828. The van der Waals surface area contributed by atoms with Gasteiger partial charge in [-0.3, -0.25) is 4.90 Å². The van der Waals surface area contributed by atoms with E-state index in [1.54, 1.807) is 0 Å². The van der Waals surface area contributed by atoms with Crippen molar-refractivity contribution >= 4 is 11.8 Å². The molecule has 1 N–H and O–H groups in total. The molecule has 2 fully saturated rings. The molecule has 0 amide bonds. The van der Waals surface area contributed by atoms with E-state index in [0.717, 1.165) is 16.5 Å². The summed E-state index contributed by atoms with van der Waals surface area (Å²) in [5, 5.41) is 5.34. The number of nitrogens with one attached hydrogen (secondary N) is 1. The van der Waals surface area contributed by atoms with Crippen LogP contribution in [0.2, 0.25) is 0 Å². The Kier molecular flexibility index (Phi) is 4.98. The van der Waals surface area contributed by atoms with Crippen molar-refractivity contribution in [1.29, 1.82) is 0 Å². The molecule has 2 rings (SSSR count). The van der Waals surface area contributed by atoms with E-state index in [-0.39, 0.29) is 0 Å². The molecule has 2 unspecified atom stereocenters. The Balaban J connectivity index is 1.61. The van der Waals surface area contributed by atoms with Gasteiger partial charge in [0.1, 0.15) is 0 Å². The molecule has 1 heterocycles. The minimum atomic E-state index is 0.815. The van der Waals surface area contributed by atoms with Crippen LogP contribution < -0.4 is 5.32 Å². The second-order valence-electron chi connectivity index (χ2n) is 5.45. The van der Waals surface area contributed by atoms with Crippen molar-refractivity contribution in [1.82, 2.24) is 10.2 Å². The van der Waals surface area contributed by atoms with Crippen molar-refractivity contribution in [3.63, 3.8) is 0 Å². The summed E-state index contributed by atoms with van der Waals surface area (Å²) in [5.74, 6) is 0. The molecule has 0 aromatic heterocycles. The van der Waals surface area contributed by atoms with Crippen LogP contribution >= 0.6 is 11.8 Å². The van der Waals surface area contributed by atoms with Gasteiger partial charge in [0.15, 0.2) is 0 Å². The van der Waals surface area contributed by atoms with Gasteiger partial charge < -0.3 is 5.32 Å². The summed E-state index contributed by atoms with van der Waals surface area (Å²) in [7, 11) is 0. The summed E-state index contributed by atoms with van der Waals surface area (Å²) in [5.41, 5.74) is 0. The van der Waals surface area contributed by atoms with Crippen molar-refractivity contribution < 1.29 is 0 Å². The van der Waals surface area contributed by atoms with E-state index in [9.17, 15) is 0 Å². The van der Waals surface area contributed by atoms with Crippen molar-refractivity contribution in [2.75, 3.05) is 26.2 Å². The molecule has 0 aromatic carbocycles. The molecule has 1 saturated heterocycles. The largest absolute Gasteiger partial charge is 0.313 e. The van der Waals surface area contributed by atoms with Crippen LogP contribution in [0, 0.1) is 0 Å². The van der Waals surface area contributed by atoms with Crippen LogP contribution in [0.15, 0.2) is 0 Å². The first kappa shape index (κ1) is 12.7. The zero-order valence-corrected chi connectivity index (χ0v) is 11.6. The second kappa shape index (κ2) is 6.27. The number of thioether (sulfide) groups is 1. The molecule has 16 heavy (non-hydrogen) atoms. The van der Waals surface area contributed by atoms with E-state index >= 15 is 0 Å². The van der Waals surface area contributed by atoms with E-state index in [2.05, 4.69) is 35.8 Å². The fourth-order valence-electron chi connectivity index (χ4n) is 3.02. The van der Waals surface area contributed by atoms with Crippen LogP contribution in [0.1, 0.15) is 39.5 Å². The molecule has 1 aliphatic heterocycles. The van der Waals surface area contributed by atoms with Crippen LogP contribution in [0.5, 0.6) is 0 Å². The highest BCUT2D eigenvalue weighted by Crippen LogP contribution is 2.24. The Morgan fingerprint density at radius 3 is 2.38 bits per heavy atom. The number of rotatable bonds is 4.